The van der Waals surface area contributed by atoms with Crippen LogP contribution in [0.3, 0.4) is 0 Å². The standard InChI is InChI=1S/C26H27N3O2/c30-25(29-21-12-10-20(11-13-21)28-19-6-2-1-3-7-19)23-18-26(14-16-27-17-15-26)31-24-9-5-4-8-22(23)24/h1-13,23,27-28H,14-18H2,(H,29,30). The second kappa shape index (κ2) is 8.44. The Morgan fingerprint density at radius 3 is 2.26 bits per heavy atom. The summed E-state index contributed by atoms with van der Waals surface area (Å²) in [7, 11) is 0. The summed E-state index contributed by atoms with van der Waals surface area (Å²) in [5, 5.41) is 9.89. The molecule has 5 rings (SSSR count). The van der Waals surface area contributed by atoms with Gasteiger partial charge in [-0.3, -0.25) is 4.79 Å². The van der Waals surface area contributed by atoms with Crippen molar-refractivity contribution >= 4 is 23.0 Å². The van der Waals surface area contributed by atoms with Crippen LogP contribution in [0.2, 0.25) is 0 Å². The number of para-hydroxylation sites is 2. The van der Waals surface area contributed by atoms with E-state index in [1.54, 1.807) is 0 Å². The maximum atomic E-state index is 13.3. The van der Waals surface area contributed by atoms with Gasteiger partial charge in [0.05, 0.1) is 5.92 Å². The van der Waals surface area contributed by atoms with Crippen LogP contribution < -0.4 is 20.7 Å². The zero-order chi connectivity index (χ0) is 21.1. The van der Waals surface area contributed by atoms with Gasteiger partial charge in [-0.25, -0.2) is 0 Å². The lowest BCUT2D eigenvalue weighted by Crippen LogP contribution is -2.50. The highest BCUT2D eigenvalue weighted by Gasteiger charge is 2.44. The van der Waals surface area contributed by atoms with E-state index >= 15 is 0 Å². The fraction of sp³-hybridized carbons (Fsp3) is 0.269. The fourth-order valence-corrected chi connectivity index (χ4v) is 4.60. The van der Waals surface area contributed by atoms with E-state index in [-0.39, 0.29) is 17.4 Å². The number of carbonyl (C=O) groups is 1. The van der Waals surface area contributed by atoms with Gasteiger partial charge in [0.1, 0.15) is 11.4 Å². The molecule has 0 radical (unpaired) electrons. The predicted octanol–water partition coefficient (Wildman–Crippen LogP) is 5.06. The Bertz CT molecular complexity index is 1040. The summed E-state index contributed by atoms with van der Waals surface area (Å²) in [6.45, 7) is 1.85. The molecule has 0 aliphatic carbocycles. The normalized spacial score (nSPS) is 19.2. The van der Waals surface area contributed by atoms with E-state index in [1.807, 2.05) is 78.9 Å². The van der Waals surface area contributed by atoms with E-state index in [1.165, 1.54) is 0 Å². The van der Waals surface area contributed by atoms with Crippen LogP contribution in [-0.4, -0.2) is 24.6 Å². The Morgan fingerprint density at radius 1 is 0.839 bits per heavy atom. The first kappa shape index (κ1) is 19.6. The molecule has 0 saturated carbocycles. The molecule has 1 amide bonds. The van der Waals surface area contributed by atoms with Crippen molar-refractivity contribution in [3.05, 3.63) is 84.4 Å². The van der Waals surface area contributed by atoms with Crippen LogP contribution in [0.25, 0.3) is 0 Å². The Kier molecular flexibility index (Phi) is 5.35. The molecule has 5 nitrogen and oxygen atoms in total. The molecule has 0 bridgehead atoms. The van der Waals surface area contributed by atoms with E-state index in [4.69, 9.17) is 4.74 Å². The molecular formula is C26H27N3O2. The highest BCUT2D eigenvalue weighted by atomic mass is 16.5. The Labute approximate surface area is 182 Å². The number of ether oxygens (including phenoxy) is 1. The average molecular weight is 414 g/mol. The van der Waals surface area contributed by atoms with E-state index in [2.05, 4.69) is 16.0 Å². The highest BCUT2D eigenvalue weighted by Crippen LogP contribution is 2.44. The molecule has 3 aromatic rings. The van der Waals surface area contributed by atoms with Gasteiger partial charge in [0, 0.05) is 29.0 Å². The molecule has 31 heavy (non-hydrogen) atoms. The number of nitrogens with one attached hydrogen (secondary N) is 3. The van der Waals surface area contributed by atoms with E-state index in [0.29, 0.717) is 6.42 Å². The maximum absolute atomic E-state index is 13.3. The van der Waals surface area contributed by atoms with Gasteiger partial charge >= 0.3 is 0 Å². The van der Waals surface area contributed by atoms with Gasteiger partial charge in [0.25, 0.3) is 0 Å². The van der Waals surface area contributed by atoms with Gasteiger partial charge < -0.3 is 20.7 Å². The molecule has 1 unspecified atom stereocenters. The molecule has 1 saturated heterocycles. The number of hydrogen-bond acceptors (Lipinski definition) is 4. The highest BCUT2D eigenvalue weighted by molar-refractivity contribution is 5.96. The van der Waals surface area contributed by atoms with Gasteiger partial charge in [-0.05, 0) is 68.4 Å². The van der Waals surface area contributed by atoms with Crippen LogP contribution in [-0.2, 0) is 4.79 Å². The topological polar surface area (TPSA) is 62.4 Å². The first-order valence-corrected chi connectivity index (χ1v) is 10.9. The minimum absolute atomic E-state index is 0.0254. The lowest BCUT2D eigenvalue weighted by Gasteiger charge is -2.44. The van der Waals surface area contributed by atoms with Gasteiger partial charge in [0.15, 0.2) is 0 Å². The average Bonchev–Trinajstić information content (AvgIpc) is 2.81. The number of anilines is 3. The number of fused-ring (bicyclic) bond motifs is 1. The summed E-state index contributed by atoms with van der Waals surface area (Å²) in [4.78, 5) is 13.3. The second-order valence-corrected chi connectivity index (χ2v) is 8.39. The molecule has 2 aliphatic heterocycles. The molecule has 3 aromatic carbocycles. The molecule has 2 aliphatic rings. The molecule has 2 heterocycles. The van der Waals surface area contributed by atoms with Crippen LogP contribution in [0.1, 0.15) is 30.7 Å². The molecule has 3 N–H and O–H groups in total. The summed E-state index contributed by atoms with van der Waals surface area (Å²) >= 11 is 0. The summed E-state index contributed by atoms with van der Waals surface area (Å²) in [5.74, 6) is 0.654. The summed E-state index contributed by atoms with van der Waals surface area (Å²) in [6, 6.07) is 25.8. The number of carbonyl (C=O) groups excluding carboxylic acids is 1. The third-order valence-electron chi connectivity index (χ3n) is 6.24. The third kappa shape index (κ3) is 4.28. The molecule has 1 atom stereocenters. The molecular weight excluding hydrogens is 386 g/mol. The van der Waals surface area contributed by atoms with Gasteiger partial charge in [-0.2, -0.15) is 0 Å². The van der Waals surface area contributed by atoms with Crippen LogP contribution in [0, 0.1) is 0 Å². The first-order valence-electron chi connectivity index (χ1n) is 10.9. The summed E-state index contributed by atoms with van der Waals surface area (Å²) in [5.41, 5.74) is 3.53. The van der Waals surface area contributed by atoms with Crippen LogP contribution in [0.5, 0.6) is 5.75 Å². The van der Waals surface area contributed by atoms with Crippen molar-refractivity contribution in [2.45, 2.75) is 30.8 Å². The number of amides is 1. The first-order chi connectivity index (χ1) is 15.2. The van der Waals surface area contributed by atoms with Crippen molar-refractivity contribution in [3.63, 3.8) is 0 Å². The third-order valence-corrected chi connectivity index (χ3v) is 6.24. The minimum Gasteiger partial charge on any atom is -0.487 e. The van der Waals surface area contributed by atoms with Gasteiger partial charge in [0.2, 0.25) is 5.91 Å². The Morgan fingerprint density at radius 2 is 1.48 bits per heavy atom. The van der Waals surface area contributed by atoms with Gasteiger partial charge in [-0.1, -0.05) is 36.4 Å². The van der Waals surface area contributed by atoms with Gasteiger partial charge in [-0.15, -0.1) is 0 Å². The lowest BCUT2D eigenvalue weighted by atomic mass is 9.77. The molecule has 5 heteroatoms. The van der Waals surface area contributed by atoms with Crippen LogP contribution in [0.15, 0.2) is 78.9 Å². The van der Waals surface area contributed by atoms with E-state index in [0.717, 1.165) is 54.3 Å². The smallest absolute Gasteiger partial charge is 0.232 e. The van der Waals surface area contributed by atoms with Crippen molar-refractivity contribution in [1.29, 1.82) is 0 Å². The van der Waals surface area contributed by atoms with Crippen molar-refractivity contribution in [1.82, 2.24) is 5.32 Å². The SMILES string of the molecule is O=C(Nc1ccc(Nc2ccccc2)cc1)C1CC2(CCNCC2)Oc2ccccc21. The summed E-state index contributed by atoms with van der Waals surface area (Å²) in [6.07, 6.45) is 2.56. The largest absolute Gasteiger partial charge is 0.487 e. The zero-order valence-corrected chi connectivity index (χ0v) is 17.4. The zero-order valence-electron chi connectivity index (χ0n) is 17.4. The molecule has 158 valence electrons. The molecule has 0 aromatic heterocycles. The van der Waals surface area contributed by atoms with Crippen molar-refractivity contribution < 1.29 is 9.53 Å². The Balaban J connectivity index is 1.32. The van der Waals surface area contributed by atoms with Crippen LogP contribution in [0.4, 0.5) is 17.1 Å². The lowest BCUT2D eigenvalue weighted by molar-refractivity contribution is -0.120. The van der Waals surface area contributed by atoms with Crippen molar-refractivity contribution in [3.8, 4) is 5.75 Å². The Hall–Kier alpha value is -3.31. The number of rotatable bonds is 4. The predicted molar refractivity (Wildman–Crippen MR) is 124 cm³/mol. The van der Waals surface area contributed by atoms with E-state index < -0.39 is 0 Å². The van der Waals surface area contributed by atoms with Crippen LogP contribution >= 0.6 is 0 Å². The maximum Gasteiger partial charge on any atom is 0.232 e. The fourth-order valence-electron chi connectivity index (χ4n) is 4.60. The molecule has 1 fully saturated rings. The number of hydrogen-bond donors (Lipinski definition) is 3. The second-order valence-electron chi connectivity index (χ2n) is 8.39. The quantitative estimate of drug-likeness (QED) is 0.560. The molecule has 1 spiro atoms. The summed E-state index contributed by atoms with van der Waals surface area (Å²) < 4.78 is 6.44. The number of piperidine rings is 1. The minimum atomic E-state index is -0.259. The van der Waals surface area contributed by atoms with E-state index in [9.17, 15) is 4.79 Å². The number of benzene rings is 3. The van der Waals surface area contributed by atoms with Crippen molar-refractivity contribution in [2.24, 2.45) is 0 Å². The monoisotopic (exact) mass is 413 g/mol. The van der Waals surface area contributed by atoms with Crippen molar-refractivity contribution in [2.75, 3.05) is 23.7 Å².